The zero-order chi connectivity index (χ0) is 14.0. The van der Waals surface area contributed by atoms with Gasteiger partial charge in [0.1, 0.15) is 0 Å². The lowest BCUT2D eigenvalue weighted by Crippen LogP contribution is -2.35. The Morgan fingerprint density at radius 3 is 2.63 bits per heavy atom. The topological polar surface area (TPSA) is 29.5 Å². The number of carbonyl (C=O) groups excluding carboxylic acids is 1. The Bertz CT molecular complexity index is 484. The standard InChI is InChI=1S/C12H11BrF3NO2/c13-10-4-3-8(7-9(10)12(14,15)16)11(18)17-5-1-2-6-19-17/h3-4,7H,1-2,5-6H2. The van der Waals surface area contributed by atoms with Crippen molar-refractivity contribution < 1.29 is 22.8 Å². The fourth-order valence-corrected chi connectivity index (χ4v) is 2.25. The second-order valence-corrected chi connectivity index (χ2v) is 4.99. The van der Waals surface area contributed by atoms with Crippen LogP contribution in [0.25, 0.3) is 0 Å². The summed E-state index contributed by atoms with van der Waals surface area (Å²) in [6, 6.07) is 3.41. The summed E-state index contributed by atoms with van der Waals surface area (Å²) in [7, 11) is 0. The predicted octanol–water partition coefficient (Wildman–Crippen LogP) is 3.64. The molecule has 104 valence electrons. The molecule has 0 bridgehead atoms. The molecule has 2 rings (SSSR count). The Morgan fingerprint density at radius 2 is 2.05 bits per heavy atom. The molecule has 1 aromatic carbocycles. The summed E-state index contributed by atoms with van der Waals surface area (Å²) in [6.07, 6.45) is -2.87. The Hall–Kier alpha value is -1.08. The lowest BCUT2D eigenvalue weighted by molar-refractivity contribution is -0.144. The van der Waals surface area contributed by atoms with E-state index in [1.54, 1.807) is 0 Å². The molecular weight excluding hydrogens is 327 g/mol. The highest BCUT2D eigenvalue weighted by Crippen LogP contribution is 2.35. The zero-order valence-electron chi connectivity index (χ0n) is 9.84. The third kappa shape index (κ3) is 3.27. The van der Waals surface area contributed by atoms with Gasteiger partial charge in [-0.05, 0) is 31.0 Å². The molecule has 0 radical (unpaired) electrons. The molecule has 1 fully saturated rings. The minimum absolute atomic E-state index is 0.0302. The second-order valence-electron chi connectivity index (χ2n) is 4.14. The van der Waals surface area contributed by atoms with Crippen molar-refractivity contribution in [1.82, 2.24) is 5.06 Å². The largest absolute Gasteiger partial charge is 0.417 e. The Morgan fingerprint density at radius 1 is 1.32 bits per heavy atom. The lowest BCUT2D eigenvalue weighted by Gasteiger charge is -2.26. The molecular formula is C12H11BrF3NO2. The van der Waals surface area contributed by atoms with Crippen molar-refractivity contribution in [3.63, 3.8) is 0 Å². The first-order valence-corrected chi connectivity index (χ1v) is 6.50. The highest BCUT2D eigenvalue weighted by molar-refractivity contribution is 9.10. The smallest absolute Gasteiger partial charge is 0.271 e. The number of hydrogen-bond acceptors (Lipinski definition) is 2. The predicted molar refractivity (Wildman–Crippen MR) is 65.4 cm³/mol. The van der Waals surface area contributed by atoms with E-state index in [1.807, 2.05) is 0 Å². The van der Waals surface area contributed by atoms with Crippen LogP contribution in [-0.4, -0.2) is 24.1 Å². The van der Waals surface area contributed by atoms with Gasteiger partial charge in [-0.3, -0.25) is 9.63 Å². The molecule has 19 heavy (non-hydrogen) atoms. The minimum atomic E-state index is -4.50. The molecule has 1 saturated heterocycles. The van der Waals surface area contributed by atoms with E-state index in [-0.39, 0.29) is 10.0 Å². The van der Waals surface area contributed by atoms with Gasteiger partial charge in [0, 0.05) is 16.6 Å². The van der Waals surface area contributed by atoms with Crippen molar-refractivity contribution in [3.05, 3.63) is 33.8 Å². The summed E-state index contributed by atoms with van der Waals surface area (Å²) in [5.41, 5.74) is -0.896. The van der Waals surface area contributed by atoms with Crippen molar-refractivity contribution in [2.45, 2.75) is 19.0 Å². The first kappa shape index (κ1) is 14.3. The van der Waals surface area contributed by atoms with E-state index in [4.69, 9.17) is 4.84 Å². The minimum Gasteiger partial charge on any atom is -0.271 e. The van der Waals surface area contributed by atoms with E-state index in [2.05, 4.69) is 15.9 Å². The maximum Gasteiger partial charge on any atom is 0.417 e. The molecule has 0 saturated carbocycles. The van der Waals surface area contributed by atoms with E-state index >= 15 is 0 Å². The highest BCUT2D eigenvalue weighted by atomic mass is 79.9. The van der Waals surface area contributed by atoms with Gasteiger partial charge in [-0.2, -0.15) is 13.2 Å². The Kier molecular flexibility index (Phi) is 4.15. The molecule has 1 aromatic rings. The fourth-order valence-electron chi connectivity index (χ4n) is 1.78. The van der Waals surface area contributed by atoms with E-state index in [9.17, 15) is 18.0 Å². The maximum absolute atomic E-state index is 12.7. The van der Waals surface area contributed by atoms with Crippen LogP contribution >= 0.6 is 15.9 Å². The number of alkyl halides is 3. The fraction of sp³-hybridized carbons (Fsp3) is 0.417. The summed E-state index contributed by atoms with van der Waals surface area (Å²) >= 11 is 2.84. The van der Waals surface area contributed by atoms with Gasteiger partial charge in [-0.15, -0.1) is 0 Å². The van der Waals surface area contributed by atoms with Crippen LogP contribution in [0.2, 0.25) is 0 Å². The summed E-state index contributed by atoms with van der Waals surface area (Å²) in [4.78, 5) is 17.1. The van der Waals surface area contributed by atoms with Crippen LogP contribution in [0.4, 0.5) is 13.2 Å². The zero-order valence-corrected chi connectivity index (χ0v) is 11.4. The van der Waals surface area contributed by atoms with Crippen molar-refractivity contribution in [3.8, 4) is 0 Å². The number of halogens is 4. The van der Waals surface area contributed by atoms with Crippen LogP contribution in [0.15, 0.2) is 22.7 Å². The Labute approximate surface area is 116 Å². The highest BCUT2D eigenvalue weighted by Gasteiger charge is 2.34. The van der Waals surface area contributed by atoms with Crippen LogP contribution < -0.4 is 0 Å². The number of hydrogen-bond donors (Lipinski definition) is 0. The maximum atomic E-state index is 12.7. The normalized spacial score (nSPS) is 16.5. The van der Waals surface area contributed by atoms with Crippen LogP contribution in [0.1, 0.15) is 28.8 Å². The van der Waals surface area contributed by atoms with Crippen molar-refractivity contribution in [2.75, 3.05) is 13.2 Å². The van der Waals surface area contributed by atoms with E-state index in [0.29, 0.717) is 13.2 Å². The molecule has 0 aliphatic carbocycles. The molecule has 1 aliphatic rings. The number of amides is 1. The van der Waals surface area contributed by atoms with Crippen LogP contribution in [0, 0.1) is 0 Å². The van der Waals surface area contributed by atoms with E-state index in [0.717, 1.165) is 24.0 Å². The first-order valence-electron chi connectivity index (χ1n) is 5.71. The average molecular weight is 338 g/mol. The van der Waals surface area contributed by atoms with Crippen LogP contribution in [-0.2, 0) is 11.0 Å². The van der Waals surface area contributed by atoms with E-state index in [1.165, 1.54) is 12.1 Å². The average Bonchev–Trinajstić information content (AvgIpc) is 2.38. The third-order valence-corrected chi connectivity index (χ3v) is 3.44. The summed E-state index contributed by atoms with van der Waals surface area (Å²) in [5.74, 6) is -0.544. The van der Waals surface area contributed by atoms with Gasteiger partial charge in [0.05, 0.1) is 12.2 Å². The second kappa shape index (κ2) is 5.50. The van der Waals surface area contributed by atoms with E-state index < -0.39 is 17.6 Å². The van der Waals surface area contributed by atoms with Crippen molar-refractivity contribution in [2.24, 2.45) is 0 Å². The SMILES string of the molecule is O=C(c1ccc(Br)c(C(F)(F)F)c1)N1CCCCO1. The molecule has 1 amide bonds. The molecule has 0 N–H and O–H groups in total. The molecule has 0 atom stereocenters. The number of nitrogens with zero attached hydrogens (tertiary/aromatic N) is 1. The van der Waals surface area contributed by atoms with Gasteiger partial charge in [0.15, 0.2) is 0 Å². The number of benzene rings is 1. The monoisotopic (exact) mass is 337 g/mol. The third-order valence-electron chi connectivity index (χ3n) is 2.75. The quantitative estimate of drug-likeness (QED) is 0.783. The molecule has 1 aliphatic heterocycles. The van der Waals surface area contributed by atoms with Crippen LogP contribution in [0.3, 0.4) is 0 Å². The molecule has 0 aromatic heterocycles. The van der Waals surface area contributed by atoms with Gasteiger partial charge < -0.3 is 0 Å². The summed E-state index contributed by atoms with van der Waals surface area (Å²) in [6.45, 7) is 0.810. The number of carbonyl (C=O) groups is 1. The molecule has 1 heterocycles. The van der Waals surface area contributed by atoms with Gasteiger partial charge in [-0.1, -0.05) is 15.9 Å². The molecule has 0 spiro atoms. The number of hydroxylamine groups is 2. The lowest BCUT2D eigenvalue weighted by atomic mass is 10.1. The summed E-state index contributed by atoms with van der Waals surface area (Å²) in [5, 5.41) is 1.12. The van der Waals surface area contributed by atoms with Crippen molar-refractivity contribution in [1.29, 1.82) is 0 Å². The molecule has 0 unspecified atom stereocenters. The molecule has 7 heteroatoms. The first-order chi connectivity index (χ1) is 8.89. The van der Waals surface area contributed by atoms with Crippen LogP contribution in [0.5, 0.6) is 0 Å². The van der Waals surface area contributed by atoms with Gasteiger partial charge >= 0.3 is 6.18 Å². The Balaban J connectivity index is 2.27. The van der Waals surface area contributed by atoms with Crippen molar-refractivity contribution >= 4 is 21.8 Å². The van der Waals surface area contributed by atoms with Gasteiger partial charge in [-0.25, -0.2) is 5.06 Å². The number of rotatable bonds is 1. The molecule has 3 nitrogen and oxygen atoms in total. The summed E-state index contributed by atoms with van der Waals surface area (Å²) < 4.78 is 38.2. The van der Waals surface area contributed by atoms with Gasteiger partial charge in [0.2, 0.25) is 0 Å². The van der Waals surface area contributed by atoms with Gasteiger partial charge in [0.25, 0.3) is 5.91 Å².